The Morgan fingerprint density at radius 1 is 0.933 bits per heavy atom. The first-order valence-electron chi connectivity index (χ1n) is 8.95. The molecule has 2 aromatic heterocycles. The zero-order valence-electron chi connectivity index (χ0n) is 16.5. The number of ketones is 1. The Labute approximate surface area is 189 Å². The van der Waals surface area contributed by atoms with Crippen LogP contribution in [0.15, 0.2) is 85.2 Å². The molecule has 155 valence electrons. The van der Waals surface area contributed by atoms with Gasteiger partial charge in [0.1, 0.15) is 11.5 Å². The van der Waals surface area contributed by atoms with Crippen molar-refractivity contribution in [3.63, 3.8) is 0 Å². The summed E-state index contributed by atoms with van der Waals surface area (Å²) in [6, 6.07) is 25.3. The fourth-order valence-corrected chi connectivity index (χ4v) is 2.60. The van der Waals surface area contributed by atoms with Crippen molar-refractivity contribution in [1.29, 1.82) is 0 Å². The number of methoxy groups -OCH3 is 2. The Hall–Kier alpha value is -3.21. The van der Waals surface area contributed by atoms with Crippen LogP contribution in [0.5, 0.6) is 11.5 Å². The molecule has 0 saturated heterocycles. The first kappa shape index (κ1) is 23.1. The maximum Gasteiger partial charge on any atom is 0.171 e. The van der Waals surface area contributed by atoms with Gasteiger partial charge in [0.25, 0.3) is 0 Å². The molecule has 0 spiro atoms. The maximum absolute atomic E-state index is 12.1. The van der Waals surface area contributed by atoms with Crippen LogP contribution in [0.1, 0.15) is 16.1 Å². The molecule has 0 bridgehead atoms. The normalized spacial score (nSPS) is 9.53. The molecule has 4 aromatic rings. The van der Waals surface area contributed by atoms with E-state index in [-0.39, 0.29) is 25.9 Å². The Kier molecular flexibility index (Phi) is 9.01. The fourth-order valence-electron chi connectivity index (χ4n) is 2.60. The van der Waals surface area contributed by atoms with E-state index in [1.54, 1.807) is 56.9 Å². The summed E-state index contributed by atoms with van der Waals surface area (Å²) in [5.41, 5.74) is 2.93. The average molecular weight is 577 g/mol. The van der Waals surface area contributed by atoms with Crippen molar-refractivity contribution in [3.05, 3.63) is 103 Å². The summed E-state index contributed by atoms with van der Waals surface area (Å²) >= 11 is 0. The largest absolute Gasteiger partial charge is 0.661 e. The van der Waals surface area contributed by atoms with Crippen molar-refractivity contribution >= 4 is 5.78 Å². The molecule has 0 unspecified atom stereocenters. The minimum atomic E-state index is -0.146. The molecule has 0 aliphatic rings. The van der Waals surface area contributed by atoms with Crippen LogP contribution >= 0.6 is 0 Å². The number of ether oxygens (including phenoxy) is 2. The van der Waals surface area contributed by atoms with Crippen LogP contribution in [0.2, 0.25) is 0 Å². The molecule has 0 aliphatic heterocycles. The monoisotopic (exact) mass is 577 g/mol. The van der Waals surface area contributed by atoms with E-state index in [0.29, 0.717) is 22.8 Å². The van der Waals surface area contributed by atoms with Crippen LogP contribution in [0.4, 0.5) is 0 Å². The first-order chi connectivity index (χ1) is 14.2. The third-order valence-corrected chi connectivity index (χ3v) is 4.05. The molecule has 0 N–H and O–H groups in total. The minimum absolute atomic E-state index is 0. The number of carbonyl (C=O) groups is 1. The van der Waals surface area contributed by atoms with E-state index in [1.165, 1.54) is 0 Å². The van der Waals surface area contributed by atoms with Crippen LogP contribution in [-0.2, 0) is 20.1 Å². The Bertz CT molecular complexity index is 977. The molecule has 2 aromatic carbocycles. The van der Waals surface area contributed by atoms with Crippen LogP contribution in [0.25, 0.3) is 11.3 Å². The van der Waals surface area contributed by atoms with Gasteiger partial charge < -0.3 is 19.4 Å². The number of rotatable bonds is 5. The van der Waals surface area contributed by atoms with Crippen molar-refractivity contribution in [3.8, 4) is 22.8 Å². The molecule has 0 amide bonds. The second-order valence-electron chi connectivity index (χ2n) is 5.94. The summed E-state index contributed by atoms with van der Waals surface area (Å²) in [6.07, 6.45) is 3.38. The number of hydrogen-bond acceptors (Lipinski definition) is 4. The number of carbonyl (C=O) groups excluding carboxylic acids is 1. The van der Waals surface area contributed by atoms with Gasteiger partial charge in [0.05, 0.1) is 14.2 Å². The van der Waals surface area contributed by atoms with Gasteiger partial charge in [-0.25, -0.2) is 0 Å². The van der Waals surface area contributed by atoms with Crippen LogP contribution in [-0.4, -0.2) is 25.0 Å². The average Bonchev–Trinajstić information content (AvgIpc) is 3.35. The van der Waals surface area contributed by atoms with Gasteiger partial charge in [0.15, 0.2) is 5.78 Å². The predicted molar refractivity (Wildman–Crippen MR) is 111 cm³/mol. The van der Waals surface area contributed by atoms with Crippen molar-refractivity contribution in [2.75, 3.05) is 14.2 Å². The van der Waals surface area contributed by atoms with Gasteiger partial charge >= 0.3 is 0 Å². The number of hydrogen-bond donors (Lipinski definition) is 0. The van der Waals surface area contributed by atoms with Crippen molar-refractivity contribution in [1.82, 2.24) is 9.97 Å². The summed E-state index contributed by atoms with van der Waals surface area (Å²) in [4.78, 5) is 20.3. The predicted octanol–water partition coefficient (Wildman–Crippen LogP) is 4.44. The van der Waals surface area contributed by atoms with Gasteiger partial charge in [-0.15, -0.1) is 35.9 Å². The Balaban J connectivity index is 0.000000218. The maximum atomic E-state index is 12.1. The zero-order chi connectivity index (χ0) is 20.5. The van der Waals surface area contributed by atoms with E-state index >= 15 is 0 Å². The Morgan fingerprint density at radius 2 is 1.67 bits per heavy atom. The number of nitrogens with zero attached hydrogens (tertiary/aromatic N) is 2. The molecule has 2 heterocycles. The molecule has 5 nitrogen and oxygen atoms in total. The summed E-state index contributed by atoms with van der Waals surface area (Å²) in [5, 5.41) is 0. The second-order valence-corrected chi connectivity index (χ2v) is 5.94. The number of pyridine rings is 1. The SMILES string of the molecule is COc1cc(OC)cc(C(=O)c2ccc[n-]2)c1.[Ir].[c-]1ccccc1-c1ccccn1. The third-order valence-electron chi connectivity index (χ3n) is 4.05. The van der Waals surface area contributed by atoms with Gasteiger partial charge in [-0.05, 0) is 23.9 Å². The molecule has 4 rings (SSSR count). The summed E-state index contributed by atoms with van der Waals surface area (Å²) in [7, 11) is 3.09. The van der Waals surface area contributed by atoms with Crippen LogP contribution in [0.3, 0.4) is 0 Å². The molecule has 0 fully saturated rings. The van der Waals surface area contributed by atoms with Crippen molar-refractivity contribution in [2.45, 2.75) is 0 Å². The zero-order valence-corrected chi connectivity index (χ0v) is 18.9. The summed E-state index contributed by atoms with van der Waals surface area (Å²) in [5.74, 6) is 1.02. The quantitative estimate of drug-likeness (QED) is 0.260. The molecule has 0 saturated carbocycles. The Morgan fingerprint density at radius 3 is 2.20 bits per heavy atom. The fraction of sp³-hybridized carbons (Fsp3) is 0.0833. The van der Waals surface area contributed by atoms with E-state index in [1.807, 2.05) is 42.5 Å². The molecule has 0 aliphatic carbocycles. The standard InChI is InChI=1S/C13H13NO3.C11H8N.Ir/c1-16-10-6-9(7-11(8-10)17-2)13(15)12-4-3-5-14-12;1-2-6-10(7-3-1)11-8-4-5-9-12-11;/h3-8H,1-2H3,(H,14,15);1-6,8-9H;/q;-1;/p-1. The smallest absolute Gasteiger partial charge is 0.171 e. The van der Waals surface area contributed by atoms with E-state index in [9.17, 15) is 4.79 Å². The minimum Gasteiger partial charge on any atom is -0.661 e. The number of aromatic nitrogens is 2. The van der Waals surface area contributed by atoms with Gasteiger partial charge in [-0.3, -0.25) is 4.79 Å². The second kappa shape index (κ2) is 11.7. The van der Waals surface area contributed by atoms with Gasteiger partial charge in [0, 0.05) is 37.9 Å². The van der Waals surface area contributed by atoms with Crippen LogP contribution < -0.4 is 14.5 Å². The van der Waals surface area contributed by atoms with E-state index in [0.717, 1.165) is 11.3 Å². The topological polar surface area (TPSA) is 62.5 Å². The van der Waals surface area contributed by atoms with Crippen LogP contribution in [0, 0.1) is 6.07 Å². The van der Waals surface area contributed by atoms with Crippen molar-refractivity contribution < 1.29 is 34.4 Å². The van der Waals surface area contributed by atoms with E-state index in [2.05, 4.69) is 16.0 Å². The van der Waals surface area contributed by atoms with Gasteiger partial charge in [0.2, 0.25) is 0 Å². The third kappa shape index (κ3) is 6.14. The molecule has 1 radical (unpaired) electrons. The molecule has 6 heteroatoms. The molecule has 30 heavy (non-hydrogen) atoms. The summed E-state index contributed by atoms with van der Waals surface area (Å²) < 4.78 is 10.2. The van der Waals surface area contributed by atoms with E-state index < -0.39 is 0 Å². The molecular weight excluding hydrogens is 556 g/mol. The van der Waals surface area contributed by atoms with Crippen molar-refractivity contribution in [2.24, 2.45) is 0 Å². The van der Waals surface area contributed by atoms with Gasteiger partial charge in [-0.1, -0.05) is 30.0 Å². The molecule has 0 atom stereocenters. The van der Waals surface area contributed by atoms with E-state index in [4.69, 9.17) is 9.47 Å². The molecular formula is C24H20IrN2O3-2. The van der Waals surface area contributed by atoms with Gasteiger partial charge in [-0.2, -0.15) is 6.20 Å². The number of benzene rings is 2. The summed E-state index contributed by atoms with van der Waals surface area (Å²) in [6.45, 7) is 0. The first-order valence-corrected chi connectivity index (χ1v) is 8.95.